The van der Waals surface area contributed by atoms with Crippen molar-refractivity contribution < 1.29 is 36.9 Å². The molecule has 0 saturated heterocycles. The fourth-order valence-corrected chi connectivity index (χ4v) is 13.1. The van der Waals surface area contributed by atoms with Crippen molar-refractivity contribution in [2.24, 2.45) is 0 Å². The van der Waals surface area contributed by atoms with Crippen LogP contribution in [0.1, 0.15) is 20.7 Å². The van der Waals surface area contributed by atoms with Crippen LogP contribution in [0.15, 0.2) is 231 Å². The van der Waals surface area contributed by atoms with E-state index in [0.717, 1.165) is 143 Å². The average molecular weight is 1160 g/mol. The van der Waals surface area contributed by atoms with Gasteiger partial charge in [0.25, 0.3) is 0 Å². The number of aromatic nitrogens is 8. The summed E-state index contributed by atoms with van der Waals surface area (Å²) >= 11 is 0. The van der Waals surface area contributed by atoms with Crippen molar-refractivity contribution in [3.63, 3.8) is 0 Å². The summed E-state index contributed by atoms with van der Waals surface area (Å²) in [5.74, 6) is -2.09. The van der Waals surface area contributed by atoms with E-state index in [1.165, 1.54) is 0 Å². The van der Waals surface area contributed by atoms with Crippen LogP contribution in [0.3, 0.4) is 0 Å². The molecule has 18 rings (SSSR count). The molecule has 0 atom stereocenters. The minimum atomic E-state index is -1.05. The number of hydrogen-bond acceptors (Lipinski definition) is 6. The SMILES string of the molecule is O=C(O)c1c2nc(cc3[nH]c(cc4nc(cc5[nH]c1c1ccccc51)-c1ccccc1-4)c1ccccc31)-c1ccccc1-2.O=C(O)c1c2nc(cc3[nH]c(cc4nc(cc5[nH]c1c1ccccc51)-c1ccccc1-4)c1ccccc31)-c1ccccc1-2.[Mn]. The van der Waals surface area contributed by atoms with Crippen molar-refractivity contribution in [3.05, 3.63) is 242 Å². The van der Waals surface area contributed by atoms with Crippen LogP contribution in [-0.2, 0) is 17.1 Å². The van der Waals surface area contributed by atoms with Gasteiger partial charge in [-0.2, -0.15) is 0 Å². The number of H-pyrrole nitrogens is 4. The Kier molecular flexibility index (Phi) is 11.7. The van der Waals surface area contributed by atoms with E-state index >= 15 is 0 Å². The standard InChI is InChI=1S/2C37H22N4O2.Mn/c2*42-37(43)34-35-26-15-7-5-13-24(26)32(40-35)18-30-22-11-3-1-9-20(22)28(38-30)17-29-21-10-2-4-12-23(21)31(39-29)19-33-25-14-6-8-16-27(25)36(34)41-33;/h2*1-19,38,41H,(H,42,43);. The number of hydrogen-bond donors (Lipinski definition) is 6. The Labute approximate surface area is 504 Å². The van der Waals surface area contributed by atoms with E-state index < -0.39 is 11.9 Å². The molecule has 6 aromatic heterocycles. The number of aromatic carboxylic acids is 2. The van der Waals surface area contributed by atoms with Crippen LogP contribution < -0.4 is 0 Å². The predicted molar refractivity (Wildman–Crippen MR) is 344 cm³/mol. The van der Waals surface area contributed by atoms with Gasteiger partial charge in [-0.15, -0.1) is 0 Å². The molecule has 4 aliphatic heterocycles. The molecule has 8 aromatic carbocycles. The summed E-state index contributed by atoms with van der Waals surface area (Å²) in [6.07, 6.45) is 0. The maximum absolute atomic E-state index is 13.1. The first kappa shape index (κ1) is 51.2. The van der Waals surface area contributed by atoms with Gasteiger partial charge in [0.2, 0.25) is 0 Å². The van der Waals surface area contributed by atoms with Crippen LogP contribution in [-0.4, -0.2) is 62.0 Å². The molecular weight excluding hydrogens is 1120 g/mol. The van der Waals surface area contributed by atoms with E-state index in [1.54, 1.807) is 0 Å². The zero-order chi connectivity index (χ0) is 57.3. The third kappa shape index (κ3) is 8.05. The van der Waals surface area contributed by atoms with E-state index in [1.807, 2.05) is 170 Å². The number of nitrogens with one attached hydrogen (secondary N) is 4. The monoisotopic (exact) mass is 1160 g/mol. The van der Waals surface area contributed by atoms with Crippen LogP contribution in [0.4, 0.5) is 0 Å². The molecule has 6 N–H and O–H groups in total. The molecular formula is C74H44MnN8O4. The molecule has 14 aromatic rings. The van der Waals surface area contributed by atoms with Gasteiger partial charge in [-0.05, 0) is 36.4 Å². The summed E-state index contributed by atoms with van der Waals surface area (Å²) in [7, 11) is 0. The molecule has 411 valence electrons. The second kappa shape index (κ2) is 19.8. The van der Waals surface area contributed by atoms with Gasteiger partial charge < -0.3 is 30.1 Å². The van der Waals surface area contributed by atoms with Crippen LogP contribution in [0.2, 0.25) is 0 Å². The van der Waals surface area contributed by atoms with Crippen molar-refractivity contribution in [1.29, 1.82) is 0 Å². The Balaban J connectivity index is 0.000000139. The maximum Gasteiger partial charge on any atom is 0.340 e. The number of benzene rings is 8. The molecule has 16 bridgehead atoms. The third-order valence-corrected chi connectivity index (χ3v) is 17.0. The first-order valence-electron chi connectivity index (χ1n) is 28.2. The minimum absolute atomic E-state index is 0. The van der Waals surface area contributed by atoms with Crippen molar-refractivity contribution in [1.82, 2.24) is 39.9 Å². The van der Waals surface area contributed by atoms with E-state index in [-0.39, 0.29) is 28.2 Å². The number of carbonyl (C=O) groups is 2. The van der Waals surface area contributed by atoms with E-state index in [0.29, 0.717) is 33.8 Å². The number of aromatic amines is 4. The largest absolute Gasteiger partial charge is 0.478 e. The zero-order valence-electron chi connectivity index (χ0n) is 45.8. The van der Waals surface area contributed by atoms with Gasteiger partial charge in [0.05, 0.1) is 56.6 Å². The Bertz CT molecular complexity index is 5370. The summed E-state index contributed by atoms with van der Waals surface area (Å²) < 4.78 is 0. The molecule has 87 heavy (non-hydrogen) atoms. The van der Waals surface area contributed by atoms with Crippen molar-refractivity contribution in [3.8, 4) is 90.1 Å². The first-order valence-corrected chi connectivity index (χ1v) is 28.2. The third-order valence-electron chi connectivity index (χ3n) is 17.0. The zero-order valence-corrected chi connectivity index (χ0v) is 47.0. The summed E-state index contributed by atoms with van der Waals surface area (Å²) in [6.45, 7) is 0. The summed E-state index contributed by atoms with van der Waals surface area (Å²) in [5.41, 5.74) is 19.7. The molecule has 0 unspecified atom stereocenters. The van der Waals surface area contributed by atoms with Crippen LogP contribution in [0.25, 0.3) is 177 Å². The molecule has 0 aliphatic carbocycles. The smallest absolute Gasteiger partial charge is 0.340 e. The van der Waals surface area contributed by atoms with Crippen molar-refractivity contribution >= 4 is 99.2 Å². The molecule has 13 heteroatoms. The summed E-state index contributed by atoms with van der Waals surface area (Å²) in [6, 6.07) is 76.6. The molecule has 0 saturated carbocycles. The summed E-state index contributed by atoms with van der Waals surface area (Å²) in [5, 5.41) is 29.1. The number of rotatable bonds is 2. The van der Waals surface area contributed by atoms with Gasteiger partial charge >= 0.3 is 11.9 Å². The molecule has 0 amide bonds. The molecule has 12 nitrogen and oxygen atoms in total. The number of carboxylic acids is 2. The fraction of sp³-hybridized carbons (Fsp3) is 0. The molecule has 0 spiro atoms. The predicted octanol–water partition coefficient (Wildman–Crippen LogP) is 18.0. The van der Waals surface area contributed by atoms with Crippen LogP contribution in [0, 0.1) is 0 Å². The maximum atomic E-state index is 13.1. The minimum Gasteiger partial charge on any atom is -0.478 e. The van der Waals surface area contributed by atoms with Crippen LogP contribution in [0.5, 0.6) is 0 Å². The number of nitrogens with zero attached hydrogens (tertiary/aromatic N) is 4. The summed E-state index contributed by atoms with van der Waals surface area (Å²) in [4.78, 5) is 60.7. The quantitative estimate of drug-likeness (QED) is 0.0922. The van der Waals surface area contributed by atoms with Crippen LogP contribution >= 0.6 is 0 Å². The molecule has 4 aliphatic rings. The molecule has 0 fully saturated rings. The fourth-order valence-electron chi connectivity index (χ4n) is 13.1. The van der Waals surface area contributed by atoms with E-state index in [2.05, 4.69) is 80.6 Å². The van der Waals surface area contributed by atoms with E-state index in [4.69, 9.17) is 19.9 Å². The second-order valence-corrected chi connectivity index (χ2v) is 21.8. The molecule has 10 heterocycles. The number of carboxylic acid groups (broad SMARTS) is 2. The van der Waals surface area contributed by atoms with Gasteiger partial charge in [0.15, 0.2) is 0 Å². The number of fused-ring (bicyclic) bond motifs is 40. The normalized spacial score (nSPS) is 11.8. The Morgan fingerprint density at radius 1 is 0.264 bits per heavy atom. The Morgan fingerprint density at radius 2 is 0.471 bits per heavy atom. The van der Waals surface area contributed by atoms with Gasteiger partial charge in [0.1, 0.15) is 11.1 Å². The van der Waals surface area contributed by atoms with Gasteiger partial charge in [-0.3, -0.25) is 0 Å². The second-order valence-electron chi connectivity index (χ2n) is 21.8. The van der Waals surface area contributed by atoms with Gasteiger partial charge in [-0.25, -0.2) is 29.5 Å². The first-order chi connectivity index (χ1) is 42.3. The molecule has 1 radical (unpaired) electrons. The topological polar surface area (TPSA) is 189 Å². The van der Waals surface area contributed by atoms with Gasteiger partial charge in [-0.1, -0.05) is 194 Å². The van der Waals surface area contributed by atoms with Gasteiger partial charge in [0, 0.05) is 138 Å². The van der Waals surface area contributed by atoms with E-state index in [9.17, 15) is 19.8 Å². The Morgan fingerprint density at radius 3 is 0.747 bits per heavy atom. The van der Waals surface area contributed by atoms with Crippen molar-refractivity contribution in [2.75, 3.05) is 0 Å². The Hall–Kier alpha value is -11.5. The van der Waals surface area contributed by atoms with Crippen molar-refractivity contribution in [2.45, 2.75) is 0 Å². The average Bonchev–Trinajstić information content (AvgIpc) is 1.79.